The van der Waals surface area contributed by atoms with Crippen LogP contribution in [0.3, 0.4) is 0 Å². The number of hydrogen-bond acceptors (Lipinski definition) is 2. The lowest BCUT2D eigenvalue weighted by molar-refractivity contribution is -0.120. The van der Waals surface area contributed by atoms with Crippen molar-refractivity contribution in [2.45, 2.75) is 25.5 Å². The number of carbonyl (C=O) groups is 1. The molecule has 0 spiro atoms. The summed E-state index contributed by atoms with van der Waals surface area (Å²) in [5, 5.41) is 2.91. The third-order valence-electron chi connectivity index (χ3n) is 3.51. The number of carbonyl (C=O) groups excluding carboxylic acids is 1. The number of benzene rings is 2. The lowest BCUT2D eigenvalue weighted by Gasteiger charge is -2.06. The summed E-state index contributed by atoms with van der Waals surface area (Å²) < 4.78 is 13.4. The van der Waals surface area contributed by atoms with Gasteiger partial charge in [-0.25, -0.2) is 4.39 Å². The second kappa shape index (κ2) is 9.36. The van der Waals surface area contributed by atoms with Crippen molar-refractivity contribution in [2.24, 2.45) is 0 Å². The van der Waals surface area contributed by atoms with Crippen LogP contribution in [0.2, 0.25) is 0 Å². The van der Waals surface area contributed by atoms with Gasteiger partial charge in [-0.15, -0.1) is 0 Å². The first-order chi connectivity index (χ1) is 11.1. The van der Waals surface area contributed by atoms with E-state index in [2.05, 4.69) is 24.4 Å². The molecular formula is C19H22FNOS. The van der Waals surface area contributed by atoms with Crippen molar-refractivity contribution in [2.75, 3.05) is 12.3 Å². The Kier molecular flexibility index (Phi) is 7.14. The van der Waals surface area contributed by atoms with Gasteiger partial charge < -0.3 is 5.32 Å². The minimum Gasteiger partial charge on any atom is -0.355 e. The highest BCUT2D eigenvalue weighted by molar-refractivity contribution is 7.98. The number of amides is 1. The van der Waals surface area contributed by atoms with Crippen molar-refractivity contribution in [3.8, 4) is 0 Å². The van der Waals surface area contributed by atoms with Crippen LogP contribution in [0.5, 0.6) is 0 Å². The van der Waals surface area contributed by atoms with Gasteiger partial charge in [0.1, 0.15) is 5.82 Å². The molecule has 2 rings (SSSR count). The molecule has 2 nitrogen and oxygen atoms in total. The number of rotatable bonds is 8. The smallest absolute Gasteiger partial charge is 0.220 e. The van der Waals surface area contributed by atoms with Gasteiger partial charge in [0.05, 0.1) is 0 Å². The molecule has 0 atom stereocenters. The monoisotopic (exact) mass is 331 g/mol. The third-order valence-corrected chi connectivity index (χ3v) is 4.52. The van der Waals surface area contributed by atoms with Gasteiger partial charge >= 0.3 is 0 Å². The lowest BCUT2D eigenvalue weighted by Crippen LogP contribution is -2.25. The van der Waals surface area contributed by atoms with E-state index in [1.807, 2.05) is 18.2 Å². The molecule has 0 aliphatic heterocycles. The summed E-state index contributed by atoms with van der Waals surface area (Å²) in [4.78, 5) is 11.8. The molecule has 0 unspecified atom stereocenters. The summed E-state index contributed by atoms with van der Waals surface area (Å²) in [6, 6.07) is 15.0. The molecule has 23 heavy (non-hydrogen) atoms. The van der Waals surface area contributed by atoms with Crippen molar-refractivity contribution in [3.63, 3.8) is 0 Å². The van der Waals surface area contributed by atoms with Crippen LogP contribution >= 0.6 is 11.8 Å². The van der Waals surface area contributed by atoms with E-state index in [0.717, 1.165) is 12.2 Å². The molecule has 0 saturated carbocycles. The van der Waals surface area contributed by atoms with Gasteiger partial charge in [0.15, 0.2) is 0 Å². The lowest BCUT2D eigenvalue weighted by atomic mass is 10.1. The maximum atomic E-state index is 13.4. The predicted octanol–water partition coefficient (Wildman–Crippen LogP) is 4.12. The number of nitrogens with one attached hydrogen (secondary N) is 1. The minimum absolute atomic E-state index is 0.0676. The average Bonchev–Trinajstić information content (AvgIpc) is 2.54. The molecule has 1 N–H and O–H groups in total. The van der Waals surface area contributed by atoms with E-state index < -0.39 is 0 Å². The first-order valence-corrected chi connectivity index (χ1v) is 8.94. The van der Waals surface area contributed by atoms with Gasteiger partial charge in [0, 0.05) is 24.5 Å². The molecule has 0 saturated heterocycles. The predicted molar refractivity (Wildman–Crippen MR) is 95.1 cm³/mol. The Balaban J connectivity index is 1.59. The highest BCUT2D eigenvalue weighted by Crippen LogP contribution is 2.14. The number of aryl methyl sites for hydroxylation is 2. The van der Waals surface area contributed by atoms with Gasteiger partial charge in [0.2, 0.25) is 5.91 Å². The molecule has 1 amide bonds. The molecule has 0 radical (unpaired) electrons. The van der Waals surface area contributed by atoms with E-state index in [1.165, 1.54) is 17.2 Å². The summed E-state index contributed by atoms with van der Waals surface area (Å²) in [7, 11) is 0. The molecule has 0 fully saturated rings. The number of thioether (sulfide) groups is 1. The van der Waals surface area contributed by atoms with E-state index in [-0.39, 0.29) is 11.7 Å². The standard InChI is InChI=1S/C19H22FNOS/c1-15-5-4-6-16(13-15)9-10-19(22)21-11-12-23-14-17-7-2-3-8-18(17)20/h2-8,13H,9-12,14H2,1H3,(H,21,22). The van der Waals surface area contributed by atoms with Crippen LogP contribution < -0.4 is 5.32 Å². The quantitative estimate of drug-likeness (QED) is 0.737. The van der Waals surface area contributed by atoms with Gasteiger partial charge in [-0.1, -0.05) is 48.0 Å². The topological polar surface area (TPSA) is 29.1 Å². The second-order valence-electron chi connectivity index (χ2n) is 5.48. The zero-order valence-electron chi connectivity index (χ0n) is 13.3. The molecule has 122 valence electrons. The van der Waals surface area contributed by atoms with Crippen LogP contribution in [0.25, 0.3) is 0 Å². The molecule has 0 heterocycles. The van der Waals surface area contributed by atoms with Crippen molar-refractivity contribution >= 4 is 17.7 Å². The molecule has 0 bridgehead atoms. The highest BCUT2D eigenvalue weighted by Gasteiger charge is 2.03. The summed E-state index contributed by atoms with van der Waals surface area (Å²) in [5.41, 5.74) is 3.12. The van der Waals surface area contributed by atoms with Gasteiger partial charge in [-0.3, -0.25) is 4.79 Å². The van der Waals surface area contributed by atoms with Gasteiger partial charge in [-0.2, -0.15) is 11.8 Å². The Morgan fingerprint density at radius 3 is 2.78 bits per heavy atom. The van der Waals surface area contributed by atoms with Crippen molar-refractivity contribution < 1.29 is 9.18 Å². The molecule has 0 aliphatic carbocycles. The Labute approximate surface area is 141 Å². The summed E-state index contributed by atoms with van der Waals surface area (Å²) in [5.74, 6) is 1.32. The zero-order chi connectivity index (χ0) is 16.5. The molecule has 0 aliphatic rings. The Hall–Kier alpha value is -1.81. The van der Waals surface area contributed by atoms with E-state index >= 15 is 0 Å². The Morgan fingerprint density at radius 2 is 2.00 bits per heavy atom. The molecule has 4 heteroatoms. The molecule has 2 aromatic carbocycles. The first-order valence-electron chi connectivity index (χ1n) is 7.78. The SMILES string of the molecule is Cc1cccc(CCC(=O)NCCSCc2ccccc2F)c1. The largest absolute Gasteiger partial charge is 0.355 e. The first kappa shape index (κ1) is 17.5. The fraction of sp³-hybridized carbons (Fsp3) is 0.316. The van der Waals surface area contributed by atoms with E-state index in [0.29, 0.717) is 24.3 Å². The van der Waals surface area contributed by atoms with Crippen LogP contribution in [0.15, 0.2) is 48.5 Å². The van der Waals surface area contributed by atoms with Crippen molar-refractivity contribution in [1.29, 1.82) is 0 Å². The van der Waals surface area contributed by atoms with Crippen LogP contribution in [0.4, 0.5) is 4.39 Å². The maximum Gasteiger partial charge on any atom is 0.220 e. The second-order valence-corrected chi connectivity index (χ2v) is 6.59. The minimum atomic E-state index is -0.165. The Morgan fingerprint density at radius 1 is 1.17 bits per heavy atom. The maximum absolute atomic E-state index is 13.4. The van der Waals surface area contributed by atoms with E-state index in [1.54, 1.807) is 23.9 Å². The van der Waals surface area contributed by atoms with Gasteiger partial charge in [-0.05, 0) is 30.5 Å². The van der Waals surface area contributed by atoms with Crippen LogP contribution in [0, 0.1) is 12.7 Å². The van der Waals surface area contributed by atoms with Crippen molar-refractivity contribution in [1.82, 2.24) is 5.32 Å². The molecule has 2 aromatic rings. The average molecular weight is 331 g/mol. The third kappa shape index (κ3) is 6.45. The highest BCUT2D eigenvalue weighted by atomic mass is 32.2. The van der Waals surface area contributed by atoms with Crippen LogP contribution in [0.1, 0.15) is 23.1 Å². The summed E-state index contributed by atoms with van der Waals surface area (Å²) in [6.07, 6.45) is 1.26. The number of halogens is 1. The summed E-state index contributed by atoms with van der Waals surface area (Å²) >= 11 is 1.62. The fourth-order valence-corrected chi connectivity index (χ4v) is 3.12. The normalized spacial score (nSPS) is 10.5. The Bertz CT molecular complexity index is 645. The van der Waals surface area contributed by atoms with Crippen LogP contribution in [-0.4, -0.2) is 18.2 Å². The summed E-state index contributed by atoms with van der Waals surface area (Å²) in [6.45, 7) is 2.67. The number of hydrogen-bond donors (Lipinski definition) is 1. The molecule has 0 aromatic heterocycles. The molecular weight excluding hydrogens is 309 g/mol. The van der Waals surface area contributed by atoms with Crippen molar-refractivity contribution in [3.05, 3.63) is 71.0 Å². The fourth-order valence-electron chi connectivity index (χ4n) is 2.27. The zero-order valence-corrected chi connectivity index (χ0v) is 14.2. The van der Waals surface area contributed by atoms with Crippen LogP contribution in [-0.2, 0) is 17.0 Å². The van der Waals surface area contributed by atoms with E-state index in [4.69, 9.17) is 0 Å². The van der Waals surface area contributed by atoms with Gasteiger partial charge in [0.25, 0.3) is 0 Å². The van der Waals surface area contributed by atoms with E-state index in [9.17, 15) is 9.18 Å².